The molecular formula is C16H21ClN4O3S. The molecule has 25 heavy (non-hydrogen) atoms. The molecule has 1 heterocycles. The molecule has 0 saturated heterocycles. The second kappa shape index (κ2) is 9.10. The summed E-state index contributed by atoms with van der Waals surface area (Å²) in [5, 5.41) is 3.55. The number of sulfonamides is 1. The summed E-state index contributed by atoms with van der Waals surface area (Å²) in [5.41, 5.74) is 0.920. The maximum absolute atomic E-state index is 12.1. The molecule has 0 unspecified atom stereocenters. The number of hydrogen-bond donors (Lipinski definition) is 2. The van der Waals surface area contributed by atoms with Crippen LogP contribution < -0.4 is 10.0 Å². The highest BCUT2D eigenvalue weighted by Gasteiger charge is 2.12. The zero-order valence-corrected chi connectivity index (χ0v) is 15.7. The van der Waals surface area contributed by atoms with Crippen LogP contribution in [-0.4, -0.2) is 38.6 Å². The first-order valence-electron chi connectivity index (χ1n) is 7.79. The van der Waals surface area contributed by atoms with E-state index in [1.165, 1.54) is 7.11 Å². The summed E-state index contributed by atoms with van der Waals surface area (Å²) < 4.78 is 31.5. The number of methoxy groups -OCH3 is 1. The van der Waals surface area contributed by atoms with Crippen molar-refractivity contribution in [3.63, 3.8) is 0 Å². The molecule has 0 radical (unpaired) electrons. The van der Waals surface area contributed by atoms with Gasteiger partial charge in [-0.2, -0.15) is 0 Å². The van der Waals surface area contributed by atoms with Crippen molar-refractivity contribution >= 4 is 27.4 Å². The van der Waals surface area contributed by atoms with Gasteiger partial charge in [-0.3, -0.25) is 0 Å². The highest BCUT2D eigenvalue weighted by atomic mass is 35.5. The van der Waals surface area contributed by atoms with Crippen molar-refractivity contribution in [2.24, 2.45) is 0 Å². The average Bonchev–Trinajstić information content (AvgIpc) is 2.60. The van der Waals surface area contributed by atoms with Gasteiger partial charge in [0.15, 0.2) is 0 Å². The lowest BCUT2D eigenvalue weighted by Gasteiger charge is -2.09. The van der Waals surface area contributed by atoms with Gasteiger partial charge in [-0.1, -0.05) is 30.7 Å². The molecule has 136 valence electrons. The van der Waals surface area contributed by atoms with Gasteiger partial charge < -0.3 is 10.1 Å². The number of anilines is 1. The lowest BCUT2D eigenvalue weighted by atomic mass is 10.2. The molecule has 0 fully saturated rings. The summed E-state index contributed by atoms with van der Waals surface area (Å²) >= 11 is 5.96. The minimum atomic E-state index is -3.52. The summed E-state index contributed by atoms with van der Waals surface area (Å²) in [7, 11) is -2.00. The van der Waals surface area contributed by atoms with Crippen molar-refractivity contribution in [2.45, 2.75) is 24.8 Å². The molecule has 0 amide bonds. The number of rotatable bonds is 9. The predicted octanol–water partition coefficient (Wildman–Crippen LogP) is 2.23. The molecule has 7 nitrogen and oxygen atoms in total. The van der Waals surface area contributed by atoms with Crippen LogP contribution in [0.15, 0.2) is 35.2 Å². The Morgan fingerprint density at radius 2 is 1.92 bits per heavy atom. The molecule has 0 aliphatic heterocycles. The topological polar surface area (TPSA) is 93.2 Å². The van der Waals surface area contributed by atoms with Crippen LogP contribution in [0, 0.1) is 0 Å². The Hall–Kier alpha value is -1.74. The van der Waals surface area contributed by atoms with Crippen molar-refractivity contribution in [1.29, 1.82) is 0 Å². The van der Waals surface area contributed by atoms with E-state index in [-0.39, 0.29) is 11.4 Å². The van der Waals surface area contributed by atoms with E-state index in [9.17, 15) is 8.42 Å². The van der Waals surface area contributed by atoms with Gasteiger partial charge in [-0.05, 0) is 17.7 Å². The lowest BCUT2D eigenvalue weighted by molar-refractivity contribution is 0.204. The Bertz CT molecular complexity index is 798. The van der Waals surface area contributed by atoms with Gasteiger partial charge in [0.2, 0.25) is 10.0 Å². The van der Waals surface area contributed by atoms with Crippen LogP contribution in [0.4, 0.5) is 5.82 Å². The van der Waals surface area contributed by atoms with Crippen LogP contribution in [0.1, 0.15) is 18.3 Å². The van der Waals surface area contributed by atoms with E-state index in [0.29, 0.717) is 36.4 Å². The maximum atomic E-state index is 12.1. The first kappa shape index (κ1) is 19.6. The molecule has 2 aromatic rings. The van der Waals surface area contributed by atoms with Crippen molar-refractivity contribution in [1.82, 2.24) is 14.7 Å². The number of aryl methyl sites for hydroxylation is 1. The Kier molecular flexibility index (Phi) is 7.12. The number of hydrogen-bond acceptors (Lipinski definition) is 6. The fraction of sp³-hybridized carbons (Fsp3) is 0.375. The summed E-state index contributed by atoms with van der Waals surface area (Å²) in [4.78, 5) is 8.66. The van der Waals surface area contributed by atoms with Crippen LogP contribution in [0.3, 0.4) is 0 Å². The fourth-order valence-corrected chi connectivity index (χ4v) is 3.27. The zero-order valence-electron chi connectivity index (χ0n) is 14.1. The summed E-state index contributed by atoms with van der Waals surface area (Å²) in [6, 6.07) is 8.29. The molecule has 1 aromatic carbocycles. The molecule has 0 aliphatic carbocycles. The first-order chi connectivity index (χ1) is 11.9. The van der Waals surface area contributed by atoms with E-state index < -0.39 is 10.0 Å². The third-order valence-electron chi connectivity index (χ3n) is 3.36. The van der Waals surface area contributed by atoms with E-state index >= 15 is 0 Å². The van der Waals surface area contributed by atoms with Gasteiger partial charge in [0, 0.05) is 32.7 Å². The summed E-state index contributed by atoms with van der Waals surface area (Å²) in [6.07, 6.45) is 0.692. The van der Waals surface area contributed by atoms with Crippen LogP contribution in [-0.2, 0) is 27.7 Å². The van der Waals surface area contributed by atoms with Crippen molar-refractivity contribution in [2.75, 3.05) is 25.6 Å². The summed E-state index contributed by atoms with van der Waals surface area (Å²) in [5.74, 6) is 1.30. The molecule has 0 spiro atoms. The van der Waals surface area contributed by atoms with Gasteiger partial charge in [0.1, 0.15) is 16.8 Å². The second-order valence-corrected chi connectivity index (χ2v) is 7.39. The van der Waals surface area contributed by atoms with Gasteiger partial charge in [-0.15, -0.1) is 0 Å². The third kappa shape index (κ3) is 5.93. The highest BCUT2D eigenvalue weighted by Crippen LogP contribution is 2.15. The molecule has 2 rings (SSSR count). The van der Waals surface area contributed by atoms with Crippen LogP contribution in [0.5, 0.6) is 0 Å². The number of halogens is 1. The van der Waals surface area contributed by atoms with Gasteiger partial charge in [0.05, 0.1) is 11.5 Å². The molecule has 0 atom stereocenters. The van der Waals surface area contributed by atoms with Gasteiger partial charge in [0.25, 0.3) is 0 Å². The predicted molar refractivity (Wildman–Crippen MR) is 97.3 cm³/mol. The Labute approximate surface area is 152 Å². The van der Waals surface area contributed by atoms with Crippen molar-refractivity contribution < 1.29 is 13.2 Å². The van der Waals surface area contributed by atoms with Crippen LogP contribution >= 0.6 is 11.6 Å². The standard InChI is InChI=1S/C16H21ClN4O3S/c1-3-15-20-14(17)10-16(21-15)18-11-12-4-6-13(7-5-12)25(22,23)19-8-9-24-2/h4-7,10,19H,3,8-9,11H2,1-2H3,(H,18,20,21). The Morgan fingerprint density at radius 3 is 2.56 bits per heavy atom. The van der Waals surface area contributed by atoms with E-state index in [2.05, 4.69) is 20.0 Å². The SMILES string of the molecule is CCc1nc(Cl)cc(NCc2ccc(S(=O)(=O)NCCOC)cc2)n1. The maximum Gasteiger partial charge on any atom is 0.240 e. The second-order valence-electron chi connectivity index (χ2n) is 5.23. The smallest absolute Gasteiger partial charge is 0.240 e. The Morgan fingerprint density at radius 1 is 1.20 bits per heavy atom. The van der Waals surface area contributed by atoms with Gasteiger partial charge >= 0.3 is 0 Å². The minimum Gasteiger partial charge on any atom is -0.383 e. The molecule has 2 N–H and O–H groups in total. The zero-order chi connectivity index (χ0) is 18.3. The molecule has 1 aromatic heterocycles. The summed E-state index contributed by atoms with van der Waals surface area (Å²) in [6.45, 7) is 3.00. The van der Waals surface area contributed by atoms with Crippen molar-refractivity contribution in [3.05, 3.63) is 46.9 Å². The van der Waals surface area contributed by atoms with E-state index in [1.807, 2.05) is 6.92 Å². The highest BCUT2D eigenvalue weighted by molar-refractivity contribution is 7.89. The molecule has 0 saturated carbocycles. The first-order valence-corrected chi connectivity index (χ1v) is 9.65. The van der Waals surface area contributed by atoms with E-state index in [4.69, 9.17) is 16.3 Å². The minimum absolute atomic E-state index is 0.214. The molecule has 9 heteroatoms. The van der Waals surface area contributed by atoms with Crippen molar-refractivity contribution in [3.8, 4) is 0 Å². The van der Waals surface area contributed by atoms with Gasteiger partial charge in [-0.25, -0.2) is 23.1 Å². The van der Waals surface area contributed by atoms with E-state index in [1.54, 1.807) is 30.3 Å². The van der Waals surface area contributed by atoms with Crippen LogP contribution in [0.25, 0.3) is 0 Å². The van der Waals surface area contributed by atoms with Crippen LogP contribution in [0.2, 0.25) is 5.15 Å². The number of nitrogens with zero attached hydrogens (tertiary/aromatic N) is 2. The third-order valence-corrected chi connectivity index (χ3v) is 5.03. The number of nitrogens with one attached hydrogen (secondary N) is 2. The number of ether oxygens (including phenoxy) is 1. The monoisotopic (exact) mass is 384 g/mol. The Balaban J connectivity index is 2.00. The lowest BCUT2D eigenvalue weighted by Crippen LogP contribution is -2.27. The molecule has 0 bridgehead atoms. The molecule has 0 aliphatic rings. The fourth-order valence-electron chi connectivity index (χ4n) is 2.05. The average molecular weight is 385 g/mol. The largest absolute Gasteiger partial charge is 0.383 e. The molecular weight excluding hydrogens is 364 g/mol. The number of aromatic nitrogens is 2. The quantitative estimate of drug-likeness (QED) is 0.508. The normalized spacial score (nSPS) is 11.5. The van der Waals surface area contributed by atoms with E-state index in [0.717, 1.165) is 5.56 Å². The number of benzene rings is 1.